The zero-order valence-electron chi connectivity index (χ0n) is 13.5. The van der Waals surface area contributed by atoms with Crippen molar-refractivity contribution in [3.05, 3.63) is 76.8 Å². The number of aromatic nitrogens is 3. The molecule has 0 fully saturated rings. The molecular formula is C17H12BrF4N3O2. The zero-order valence-corrected chi connectivity index (χ0v) is 15.1. The van der Waals surface area contributed by atoms with Gasteiger partial charge in [0.2, 0.25) is 5.60 Å². The standard InChI is InChI=1S/C17H12BrF4N3O2/c18-11-1-4-13(5-2-11)27-17(21,22)16(26,8-25-10-23-9-24-25)14-6-3-12(19)7-15(14)20/h1-7,9-10,26H,8H2. The van der Waals surface area contributed by atoms with E-state index in [0.717, 1.165) is 29.5 Å². The smallest absolute Gasteiger partial charge is 0.430 e. The minimum absolute atomic E-state index is 0.261. The first kappa shape index (κ1) is 19.3. The molecule has 0 aliphatic rings. The quantitative estimate of drug-likeness (QED) is 0.585. The molecule has 3 aromatic rings. The molecule has 3 rings (SSSR count). The first-order valence-electron chi connectivity index (χ1n) is 7.54. The molecule has 5 nitrogen and oxygen atoms in total. The zero-order chi connectivity index (χ0) is 19.7. The fourth-order valence-electron chi connectivity index (χ4n) is 2.44. The highest BCUT2D eigenvalue weighted by Gasteiger charge is 2.58. The minimum atomic E-state index is -4.30. The van der Waals surface area contributed by atoms with Gasteiger partial charge < -0.3 is 9.84 Å². The average molecular weight is 446 g/mol. The Labute approximate surface area is 159 Å². The lowest BCUT2D eigenvalue weighted by molar-refractivity contribution is -0.301. The van der Waals surface area contributed by atoms with E-state index in [2.05, 4.69) is 30.7 Å². The molecule has 0 spiro atoms. The van der Waals surface area contributed by atoms with E-state index < -0.39 is 35.5 Å². The summed E-state index contributed by atoms with van der Waals surface area (Å²) < 4.78 is 63.7. The molecule has 1 aromatic heterocycles. The average Bonchev–Trinajstić information content (AvgIpc) is 3.09. The number of alkyl halides is 2. The van der Waals surface area contributed by atoms with E-state index >= 15 is 8.78 Å². The second-order valence-electron chi connectivity index (χ2n) is 5.65. The lowest BCUT2D eigenvalue weighted by Crippen LogP contribution is -2.52. The molecule has 1 N–H and O–H groups in total. The number of rotatable bonds is 6. The third-order valence-electron chi connectivity index (χ3n) is 3.78. The van der Waals surface area contributed by atoms with Crippen LogP contribution in [0.4, 0.5) is 17.6 Å². The van der Waals surface area contributed by atoms with Crippen molar-refractivity contribution in [3.63, 3.8) is 0 Å². The largest absolute Gasteiger partial charge is 0.433 e. The number of aliphatic hydroxyl groups is 1. The predicted octanol–water partition coefficient (Wildman–Crippen LogP) is 3.88. The highest BCUT2D eigenvalue weighted by molar-refractivity contribution is 9.10. The van der Waals surface area contributed by atoms with Gasteiger partial charge in [-0.1, -0.05) is 15.9 Å². The van der Waals surface area contributed by atoms with Gasteiger partial charge in [0.1, 0.15) is 30.0 Å². The third-order valence-corrected chi connectivity index (χ3v) is 4.30. The highest BCUT2D eigenvalue weighted by atomic mass is 79.9. The molecule has 0 saturated heterocycles. The highest BCUT2D eigenvalue weighted by Crippen LogP contribution is 2.42. The van der Waals surface area contributed by atoms with Crippen molar-refractivity contribution in [2.45, 2.75) is 18.3 Å². The van der Waals surface area contributed by atoms with Gasteiger partial charge in [0.05, 0.1) is 6.54 Å². The van der Waals surface area contributed by atoms with Crippen LogP contribution in [0.15, 0.2) is 59.6 Å². The maximum absolute atomic E-state index is 15.0. The van der Waals surface area contributed by atoms with Crippen molar-refractivity contribution in [2.24, 2.45) is 0 Å². The molecule has 0 bridgehead atoms. The molecule has 2 aromatic carbocycles. The van der Waals surface area contributed by atoms with Crippen molar-refractivity contribution in [1.82, 2.24) is 14.8 Å². The summed E-state index contributed by atoms with van der Waals surface area (Å²) in [5.41, 5.74) is -4.05. The molecular weight excluding hydrogens is 434 g/mol. The van der Waals surface area contributed by atoms with Crippen LogP contribution < -0.4 is 4.74 Å². The van der Waals surface area contributed by atoms with Crippen LogP contribution in [-0.4, -0.2) is 26.0 Å². The molecule has 1 atom stereocenters. The Morgan fingerprint density at radius 2 is 1.81 bits per heavy atom. The Morgan fingerprint density at radius 1 is 1.11 bits per heavy atom. The van der Waals surface area contributed by atoms with Gasteiger partial charge in [-0.15, -0.1) is 0 Å². The summed E-state index contributed by atoms with van der Waals surface area (Å²) in [5.74, 6) is -2.59. The van der Waals surface area contributed by atoms with Crippen molar-refractivity contribution in [1.29, 1.82) is 0 Å². The molecule has 0 aliphatic heterocycles. The van der Waals surface area contributed by atoms with Crippen LogP contribution in [0.2, 0.25) is 0 Å². The molecule has 0 radical (unpaired) electrons. The van der Waals surface area contributed by atoms with Crippen LogP contribution in [0, 0.1) is 11.6 Å². The van der Waals surface area contributed by atoms with Gasteiger partial charge in [-0.3, -0.25) is 0 Å². The van der Waals surface area contributed by atoms with Crippen molar-refractivity contribution in [2.75, 3.05) is 0 Å². The van der Waals surface area contributed by atoms with E-state index in [4.69, 9.17) is 0 Å². The summed E-state index contributed by atoms with van der Waals surface area (Å²) in [7, 11) is 0. The van der Waals surface area contributed by atoms with Gasteiger partial charge in [0, 0.05) is 16.1 Å². The van der Waals surface area contributed by atoms with Crippen molar-refractivity contribution < 1.29 is 27.4 Å². The lowest BCUT2D eigenvalue weighted by Gasteiger charge is -2.35. The van der Waals surface area contributed by atoms with E-state index in [1.165, 1.54) is 24.3 Å². The molecule has 0 saturated carbocycles. The van der Waals surface area contributed by atoms with Gasteiger partial charge in [-0.2, -0.15) is 13.9 Å². The molecule has 142 valence electrons. The Bertz CT molecular complexity index is 922. The van der Waals surface area contributed by atoms with Gasteiger partial charge >= 0.3 is 6.11 Å². The normalized spacial score (nSPS) is 14.0. The van der Waals surface area contributed by atoms with Crippen molar-refractivity contribution >= 4 is 15.9 Å². The van der Waals surface area contributed by atoms with Crippen molar-refractivity contribution in [3.8, 4) is 5.75 Å². The summed E-state index contributed by atoms with van der Waals surface area (Å²) in [6.07, 6.45) is -2.16. The number of ether oxygens (including phenoxy) is 1. The van der Waals surface area contributed by atoms with E-state index in [1.807, 2.05) is 0 Å². The first-order chi connectivity index (χ1) is 12.7. The number of hydrogen-bond acceptors (Lipinski definition) is 4. The van der Waals surface area contributed by atoms with Crippen LogP contribution >= 0.6 is 15.9 Å². The summed E-state index contributed by atoms with van der Waals surface area (Å²) in [6, 6.07) is 7.31. The van der Waals surface area contributed by atoms with E-state index in [1.54, 1.807) is 0 Å². The number of nitrogens with zero attached hydrogens (tertiary/aromatic N) is 3. The summed E-state index contributed by atoms with van der Waals surface area (Å²) in [5, 5.41) is 14.5. The first-order valence-corrected chi connectivity index (χ1v) is 8.33. The Morgan fingerprint density at radius 3 is 2.41 bits per heavy atom. The predicted molar refractivity (Wildman–Crippen MR) is 90.0 cm³/mol. The van der Waals surface area contributed by atoms with Crippen LogP contribution in [0.3, 0.4) is 0 Å². The Kier molecular flexibility index (Phi) is 5.20. The number of halogens is 5. The fraction of sp³-hybridized carbons (Fsp3) is 0.176. The SMILES string of the molecule is OC(Cn1cncn1)(c1ccc(F)cc1F)C(F)(F)Oc1ccc(Br)cc1. The van der Waals surface area contributed by atoms with E-state index in [0.29, 0.717) is 10.5 Å². The molecule has 27 heavy (non-hydrogen) atoms. The van der Waals surface area contributed by atoms with Gasteiger partial charge in [-0.05, 0) is 36.4 Å². The molecule has 1 unspecified atom stereocenters. The molecule has 1 heterocycles. The summed E-state index contributed by atoms with van der Waals surface area (Å²) in [4.78, 5) is 3.61. The minimum Gasteiger partial charge on any atom is -0.430 e. The van der Waals surface area contributed by atoms with Gasteiger partial charge in [-0.25, -0.2) is 18.4 Å². The monoisotopic (exact) mass is 445 g/mol. The second-order valence-corrected chi connectivity index (χ2v) is 6.57. The van der Waals surface area contributed by atoms with Crippen LogP contribution in [0.1, 0.15) is 5.56 Å². The lowest BCUT2D eigenvalue weighted by atomic mass is 9.91. The fourth-order valence-corrected chi connectivity index (χ4v) is 2.71. The van der Waals surface area contributed by atoms with E-state index in [9.17, 15) is 13.9 Å². The molecule has 0 amide bonds. The maximum Gasteiger partial charge on any atom is 0.433 e. The summed E-state index contributed by atoms with van der Waals surface area (Å²) in [6.45, 7) is -0.890. The molecule has 10 heteroatoms. The van der Waals surface area contributed by atoms with Gasteiger partial charge in [0.15, 0.2) is 0 Å². The number of benzene rings is 2. The summed E-state index contributed by atoms with van der Waals surface area (Å²) >= 11 is 3.16. The van der Waals surface area contributed by atoms with E-state index in [-0.39, 0.29) is 5.75 Å². The van der Waals surface area contributed by atoms with Crippen LogP contribution in [0.25, 0.3) is 0 Å². The Hall–Kier alpha value is -2.46. The molecule has 0 aliphatic carbocycles. The third kappa shape index (κ3) is 3.96. The topological polar surface area (TPSA) is 60.2 Å². The Balaban J connectivity index is 2.05. The van der Waals surface area contributed by atoms with Crippen LogP contribution in [0.5, 0.6) is 5.75 Å². The van der Waals surface area contributed by atoms with Gasteiger partial charge in [0.25, 0.3) is 0 Å². The number of hydrogen-bond donors (Lipinski definition) is 1. The maximum atomic E-state index is 15.0. The van der Waals surface area contributed by atoms with Crippen LogP contribution in [-0.2, 0) is 12.1 Å². The second kappa shape index (κ2) is 7.28.